The van der Waals surface area contributed by atoms with E-state index in [0.29, 0.717) is 23.9 Å². The zero-order valence-corrected chi connectivity index (χ0v) is 20.1. The Kier molecular flexibility index (Phi) is 7.68. The van der Waals surface area contributed by atoms with Crippen molar-refractivity contribution in [2.45, 2.75) is 25.8 Å². The second-order valence-electron chi connectivity index (χ2n) is 8.01. The number of carbonyl (C=O) groups is 2. The molecule has 2 heterocycles. The summed E-state index contributed by atoms with van der Waals surface area (Å²) < 4.78 is 5.63. The van der Waals surface area contributed by atoms with Gasteiger partial charge in [-0.2, -0.15) is 0 Å². The van der Waals surface area contributed by atoms with Gasteiger partial charge in [0, 0.05) is 23.0 Å². The van der Waals surface area contributed by atoms with Gasteiger partial charge in [0.15, 0.2) is 6.61 Å². The van der Waals surface area contributed by atoms with Gasteiger partial charge in [-0.05, 0) is 59.7 Å². The highest BCUT2D eigenvalue weighted by Gasteiger charge is 2.33. The van der Waals surface area contributed by atoms with Crippen LogP contribution in [-0.4, -0.2) is 47.9 Å². The molecule has 0 N–H and O–H groups in total. The molecule has 0 saturated carbocycles. The number of hydrogen-bond acceptors (Lipinski definition) is 4. The van der Waals surface area contributed by atoms with Gasteiger partial charge in [-0.25, -0.2) is 0 Å². The van der Waals surface area contributed by atoms with Crippen LogP contribution in [0.15, 0.2) is 66.0 Å². The Morgan fingerprint density at radius 1 is 1.12 bits per heavy atom. The summed E-state index contributed by atoms with van der Waals surface area (Å²) in [5, 5.41) is 2.74. The largest absolute Gasteiger partial charge is 0.484 e. The van der Waals surface area contributed by atoms with Crippen molar-refractivity contribution in [2.75, 3.05) is 26.2 Å². The number of rotatable bonds is 8. The normalized spacial score (nSPS) is 15.1. The lowest BCUT2D eigenvalue weighted by Gasteiger charge is -2.37. The topological polar surface area (TPSA) is 49.9 Å². The van der Waals surface area contributed by atoms with Crippen LogP contribution in [0.25, 0.3) is 0 Å². The van der Waals surface area contributed by atoms with Crippen LogP contribution in [0.2, 0.25) is 5.02 Å². The second kappa shape index (κ2) is 10.9. The van der Waals surface area contributed by atoms with Crippen LogP contribution in [0.5, 0.6) is 5.75 Å². The van der Waals surface area contributed by atoms with Gasteiger partial charge < -0.3 is 14.5 Å². The van der Waals surface area contributed by atoms with E-state index in [0.717, 1.165) is 24.0 Å². The summed E-state index contributed by atoms with van der Waals surface area (Å²) in [6, 6.07) is 18.8. The quantitative estimate of drug-likeness (QED) is 0.443. The van der Waals surface area contributed by atoms with E-state index in [1.165, 1.54) is 4.88 Å². The number of hydrogen-bond donors (Lipinski definition) is 0. The molecule has 0 radical (unpaired) electrons. The van der Waals surface area contributed by atoms with Crippen LogP contribution in [0, 0.1) is 0 Å². The standard InChI is InChI=1S/C26H27ClN2O3S/c1-2-14-28(25(31)18-32-21-6-4-3-5-7-21)17-24(30)29-15-12-23-22(13-16-33-23)26(29)19-8-10-20(27)11-9-19/h3-11,13,16,26H,2,12,14-15,17-18H2,1H3. The Hall–Kier alpha value is -2.83. The average molecular weight is 483 g/mol. The molecule has 4 rings (SSSR count). The second-order valence-corrected chi connectivity index (χ2v) is 9.44. The molecule has 1 aliphatic rings. The average Bonchev–Trinajstić information content (AvgIpc) is 3.32. The molecule has 3 aromatic rings. The van der Waals surface area contributed by atoms with E-state index in [-0.39, 0.29) is 31.0 Å². The number of fused-ring (bicyclic) bond motifs is 1. The highest BCUT2D eigenvalue weighted by atomic mass is 35.5. The van der Waals surface area contributed by atoms with Crippen molar-refractivity contribution >= 4 is 34.8 Å². The van der Waals surface area contributed by atoms with Crippen molar-refractivity contribution in [2.24, 2.45) is 0 Å². The van der Waals surface area contributed by atoms with Crippen molar-refractivity contribution in [1.82, 2.24) is 9.80 Å². The summed E-state index contributed by atoms with van der Waals surface area (Å²) in [4.78, 5) is 31.2. The minimum Gasteiger partial charge on any atom is -0.484 e. The third-order valence-corrected chi connectivity index (χ3v) is 7.00. The fourth-order valence-electron chi connectivity index (χ4n) is 4.16. The van der Waals surface area contributed by atoms with Crippen LogP contribution < -0.4 is 4.74 Å². The zero-order chi connectivity index (χ0) is 23.2. The maximum Gasteiger partial charge on any atom is 0.260 e. The van der Waals surface area contributed by atoms with E-state index in [1.54, 1.807) is 16.2 Å². The lowest BCUT2D eigenvalue weighted by atomic mass is 9.93. The third-order valence-electron chi connectivity index (χ3n) is 5.75. The Balaban J connectivity index is 1.50. The summed E-state index contributed by atoms with van der Waals surface area (Å²) in [6.45, 7) is 3.07. The number of amides is 2. The van der Waals surface area contributed by atoms with Crippen LogP contribution in [0.4, 0.5) is 0 Å². The molecule has 0 aliphatic carbocycles. The molecule has 33 heavy (non-hydrogen) atoms. The first kappa shape index (κ1) is 23.3. The van der Waals surface area contributed by atoms with E-state index in [2.05, 4.69) is 11.4 Å². The molecular formula is C26H27ClN2O3S. The van der Waals surface area contributed by atoms with Gasteiger partial charge in [0.05, 0.1) is 12.6 Å². The Morgan fingerprint density at radius 3 is 2.61 bits per heavy atom. The molecular weight excluding hydrogens is 456 g/mol. The molecule has 2 amide bonds. The Morgan fingerprint density at radius 2 is 1.88 bits per heavy atom. The van der Waals surface area contributed by atoms with E-state index in [4.69, 9.17) is 16.3 Å². The van der Waals surface area contributed by atoms with Gasteiger partial charge in [0.25, 0.3) is 5.91 Å². The van der Waals surface area contributed by atoms with Gasteiger partial charge in [-0.15, -0.1) is 11.3 Å². The molecule has 0 bridgehead atoms. The molecule has 1 aliphatic heterocycles. The first-order valence-electron chi connectivity index (χ1n) is 11.1. The summed E-state index contributed by atoms with van der Waals surface area (Å²) in [6.07, 6.45) is 1.58. The number of ether oxygens (including phenoxy) is 1. The minimum atomic E-state index is -0.190. The van der Waals surface area contributed by atoms with E-state index in [9.17, 15) is 9.59 Å². The van der Waals surface area contributed by atoms with Gasteiger partial charge >= 0.3 is 0 Å². The molecule has 0 saturated heterocycles. The number of carbonyl (C=O) groups excluding carboxylic acids is 2. The number of halogens is 1. The number of para-hydroxylation sites is 1. The first-order valence-corrected chi connectivity index (χ1v) is 12.4. The monoisotopic (exact) mass is 482 g/mol. The van der Waals surface area contributed by atoms with Crippen LogP contribution >= 0.6 is 22.9 Å². The fourth-order valence-corrected chi connectivity index (χ4v) is 5.19. The molecule has 1 atom stereocenters. The smallest absolute Gasteiger partial charge is 0.260 e. The van der Waals surface area contributed by atoms with Crippen molar-refractivity contribution in [3.63, 3.8) is 0 Å². The highest BCUT2D eigenvalue weighted by molar-refractivity contribution is 7.10. The predicted molar refractivity (Wildman–Crippen MR) is 132 cm³/mol. The first-order chi connectivity index (χ1) is 16.1. The number of benzene rings is 2. The van der Waals surface area contributed by atoms with Crippen molar-refractivity contribution in [1.29, 1.82) is 0 Å². The predicted octanol–water partition coefficient (Wildman–Crippen LogP) is 5.19. The van der Waals surface area contributed by atoms with Gasteiger partial charge in [0.2, 0.25) is 5.91 Å². The molecule has 172 valence electrons. The fraction of sp³-hybridized carbons (Fsp3) is 0.308. The van der Waals surface area contributed by atoms with Crippen LogP contribution in [0.1, 0.15) is 35.4 Å². The number of thiophene rings is 1. The molecule has 0 spiro atoms. The van der Waals surface area contributed by atoms with Gasteiger partial charge in [-0.1, -0.05) is 48.9 Å². The van der Waals surface area contributed by atoms with Crippen molar-refractivity contribution in [3.8, 4) is 5.75 Å². The Bertz CT molecular complexity index is 1080. The molecule has 0 fully saturated rings. The van der Waals surface area contributed by atoms with E-state index < -0.39 is 0 Å². The Labute approximate surface area is 203 Å². The lowest BCUT2D eigenvalue weighted by molar-refractivity contribution is -0.142. The summed E-state index contributed by atoms with van der Waals surface area (Å²) in [5.41, 5.74) is 2.18. The van der Waals surface area contributed by atoms with E-state index in [1.807, 2.05) is 66.4 Å². The van der Waals surface area contributed by atoms with Crippen LogP contribution in [0.3, 0.4) is 0 Å². The minimum absolute atomic E-state index is 0.0361. The van der Waals surface area contributed by atoms with Crippen LogP contribution in [-0.2, 0) is 16.0 Å². The molecule has 7 heteroatoms. The van der Waals surface area contributed by atoms with Crippen molar-refractivity contribution < 1.29 is 14.3 Å². The highest BCUT2D eigenvalue weighted by Crippen LogP contribution is 2.38. The van der Waals surface area contributed by atoms with Gasteiger partial charge in [0.1, 0.15) is 5.75 Å². The van der Waals surface area contributed by atoms with Gasteiger partial charge in [-0.3, -0.25) is 9.59 Å². The lowest BCUT2D eigenvalue weighted by Crippen LogP contribution is -2.47. The summed E-state index contributed by atoms with van der Waals surface area (Å²) in [5.74, 6) is 0.385. The SMILES string of the molecule is CCCN(CC(=O)N1CCc2sccc2C1c1ccc(Cl)cc1)C(=O)COc1ccccc1. The summed E-state index contributed by atoms with van der Waals surface area (Å²) >= 11 is 7.83. The molecule has 2 aromatic carbocycles. The molecule has 1 aromatic heterocycles. The molecule has 5 nitrogen and oxygen atoms in total. The molecule has 1 unspecified atom stereocenters. The maximum absolute atomic E-state index is 13.5. The van der Waals surface area contributed by atoms with Crippen molar-refractivity contribution in [3.05, 3.63) is 87.1 Å². The van der Waals surface area contributed by atoms with E-state index >= 15 is 0 Å². The number of nitrogens with zero attached hydrogens (tertiary/aromatic N) is 2. The zero-order valence-electron chi connectivity index (χ0n) is 18.6. The third kappa shape index (κ3) is 5.57. The maximum atomic E-state index is 13.5. The summed E-state index contributed by atoms with van der Waals surface area (Å²) in [7, 11) is 0.